The van der Waals surface area contributed by atoms with Crippen molar-refractivity contribution in [2.75, 3.05) is 7.11 Å². The molecule has 0 aliphatic heterocycles. The number of halogens is 1. The number of ether oxygens (including phenoxy) is 1. The molecule has 0 aromatic heterocycles. The molecule has 0 aliphatic carbocycles. The fourth-order valence-electron chi connectivity index (χ4n) is 1.08. The Morgan fingerprint density at radius 3 is 2.54 bits per heavy atom. The van der Waals surface area contributed by atoms with Crippen molar-refractivity contribution < 1.29 is 14.1 Å². The van der Waals surface area contributed by atoms with Gasteiger partial charge in [-0.3, -0.25) is 10.1 Å². The molecule has 0 radical (unpaired) electrons. The van der Waals surface area contributed by atoms with Gasteiger partial charge < -0.3 is 4.74 Å². The number of nitro benzene ring substituents is 1. The van der Waals surface area contributed by atoms with Gasteiger partial charge in [0, 0.05) is 0 Å². The van der Waals surface area contributed by atoms with Crippen molar-refractivity contribution in [3.8, 4) is 5.75 Å². The van der Waals surface area contributed by atoms with Crippen LogP contribution in [0.25, 0.3) is 0 Å². The van der Waals surface area contributed by atoms with E-state index in [1.165, 1.54) is 13.2 Å². The molecule has 1 aromatic carbocycles. The van der Waals surface area contributed by atoms with Crippen LogP contribution in [0.4, 0.5) is 10.1 Å². The van der Waals surface area contributed by atoms with Gasteiger partial charge in [0.05, 0.1) is 12.0 Å². The maximum absolute atomic E-state index is 12.9. The van der Waals surface area contributed by atoms with E-state index in [2.05, 4.69) is 0 Å². The topological polar surface area (TPSA) is 52.4 Å². The highest BCUT2D eigenvalue weighted by Crippen LogP contribution is 2.32. The van der Waals surface area contributed by atoms with Gasteiger partial charge in [-0.2, -0.15) is 4.39 Å². The fraction of sp³-hybridized carbons (Fsp3) is 0.250. The van der Waals surface area contributed by atoms with Gasteiger partial charge in [0.1, 0.15) is 0 Å². The molecule has 1 aromatic rings. The highest BCUT2D eigenvalue weighted by molar-refractivity contribution is 5.52. The van der Waals surface area contributed by atoms with E-state index < -0.39 is 16.4 Å². The number of nitrogens with zero attached hydrogens (tertiary/aromatic N) is 1. The summed E-state index contributed by atoms with van der Waals surface area (Å²) in [5.74, 6) is -0.905. The third kappa shape index (κ3) is 1.58. The molecule has 0 amide bonds. The first-order valence-corrected chi connectivity index (χ1v) is 3.55. The molecule has 0 heterocycles. The van der Waals surface area contributed by atoms with Crippen LogP contribution >= 0.6 is 0 Å². The highest BCUT2D eigenvalue weighted by Gasteiger charge is 2.22. The van der Waals surface area contributed by atoms with E-state index in [1.807, 2.05) is 0 Å². The molecule has 0 fully saturated rings. The van der Waals surface area contributed by atoms with Crippen LogP contribution in [0.2, 0.25) is 0 Å². The van der Waals surface area contributed by atoms with Crippen molar-refractivity contribution in [2.45, 2.75) is 6.92 Å². The summed E-state index contributed by atoms with van der Waals surface area (Å²) in [6, 6.07) is 2.48. The molecule has 0 aliphatic rings. The molecule has 0 N–H and O–H groups in total. The zero-order valence-corrected chi connectivity index (χ0v) is 7.20. The van der Waals surface area contributed by atoms with Crippen molar-refractivity contribution >= 4 is 5.69 Å². The molecular weight excluding hydrogens is 177 g/mol. The SMILES string of the molecule is COc1c(C)ccc(F)c1[N+](=O)[O-]. The smallest absolute Gasteiger partial charge is 0.346 e. The lowest BCUT2D eigenvalue weighted by atomic mass is 10.2. The normalized spacial score (nSPS) is 9.77. The Morgan fingerprint density at radius 2 is 2.15 bits per heavy atom. The molecule has 0 saturated carbocycles. The van der Waals surface area contributed by atoms with E-state index >= 15 is 0 Å². The van der Waals surface area contributed by atoms with Crippen LogP contribution in [0.1, 0.15) is 5.56 Å². The van der Waals surface area contributed by atoms with Crippen molar-refractivity contribution in [1.82, 2.24) is 0 Å². The predicted molar refractivity (Wildman–Crippen MR) is 44.3 cm³/mol. The van der Waals surface area contributed by atoms with Crippen molar-refractivity contribution in [3.05, 3.63) is 33.6 Å². The lowest BCUT2D eigenvalue weighted by molar-refractivity contribution is -0.388. The second-order valence-corrected chi connectivity index (χ2v) is 2.50. The van der Waals surface area contributed by atoms with Crippen LogP contribution < -0.4 is 4.74 Å². The van der Waals surface area contributed by atoms with E-state index in [4.69, 9.17) is 4.74 Å². The monoisotopic (exact) mass is 185 g/mol. The van der Waals surface area contributed by atoms with E-state index in [1.54, 1.807) is 6.92 Å². The maximum atomic E-state index is 12.9. The van der Waals surface area contributed by atoms with Gasteiger partial charge >= 0.3 is 5.69 Å². The Labute approximate surface area is 74.1 Å². The van der Waals surface area contributed by atoms with Crippen molar-refractivity contribution in [3.63, 3.8) is 0 Å². The molecule has 5 heteroatoms. The molecule has 13 heavy (non-hydrogen) atoms. The van der Waals surface area contributed by atoms with E-state index in [9.17, 15) is 14.5 Å². The number of rotatable bonds is 2. The van der Waals surface area contributed by atoms with Crippen LogP contribution in [0.5, 0.6) is 5.75 Å². The van der Waals surface area contributed by atoms with Gasteiger partial charge in [-0.1, -0.05) is 6.07 Å². The predicted octanol–water partition coefficient (Wildman–Crippen LogP) is 2.05. The van der Waals surface area contributed by atoms with E-state index in [-0.39, 0.29) is 5.75 Å². The van der Waals surface area contributed by atoms with Crippen molar-refractivity contribution in [2.24, 2.45) is 0 Å². The Balaban J connectivity index is 3.43. The zero-order valence-electron chi connectivity index (χ0n) is 7.20. The van der Waals surface area contributed by atoms with Crippen LogP contribution in [-0.2, 0) is 0 Å². The van der Waals surface area contributed by atoms with Gasteiger partial charge in [0.2, 0.25) is 11.6 Å². The van der Waals surface area contributed by atoms with Crippen LogP contribution in [-0.4, -0.2) is 12.0 Å². The van der Waals surface area contributed by atoms with E-state index in [0.717, 1.165) is 6.07 Å². The molecule has 0 unspecified atom stereocenters. The molecule has 70 valence electrons. The molecule has 4 nitrogen and oxygen atoms in total. The second kappa shape index (κ2) is 3.38. The summed E-state index contributed by atoms with van der Waals surface area (Å²) in [6.45, 7) is 1.62. The number of nitro groups is 1. The number of methoxy groups -OCH3 is 1. The Kier molecular flexibility index (Phi) is 2.46. The number of hydrogen-bond acceptors (Lipinski definition) is 3. The second-order valence-electron chi connectivity index (χ2n) is 2.50. The van der Waals surface area contributed by atoms with Crippen molar-refractivity contribution in [1.29, 1.82) is 0 Å². The average Bonchev–Trinajstić information content (AvgIpc) is 2.07. The first-order valence-electron chi connectivity index (χ1n) is 3.55. The summed E-state index contributed by atoms with van der Waals surface area (Å²) in [4.78, 5) is 9.65. The largest absolute Gasteiger partial charge is 0.490 e. The molecule has 1 rings (SSSR count). The van der Waals surface area contributed by atoms with Gasteiger partial charge in [0.25, 0.3) is 0 Å². The van der Waals surface area contributed by atoms with Gasteiger partial charge in [-0.15, -0.1) is 0 Å². The van der Waals surface area contributed by atoms with Gasteiger partial charge in [0.15, 0.2) is 0 Å². The first-order chi connectivity index (χ1) is 6.07. The maximum Gasteiger partial charge on any atom is 0.346 e. The summed E-state index contributed by atoms with van der Waals surface area (Å²) >= 11 is 0. The van der Waals surface area contributed by atoms with Crippen LogP contribution in [0.15, 0.2) is 12.1 Å². The standard InChI is InChI=1S/C8H8FNO3/c1-5-3-4-6(9)7(10(11)12)8(5)13-2/h3-4H,1-2H3. The minimum Gasteiger partial charge on any atom is -0.490 e. The van der Waals surface area contributed by atoms with Gasteiger partial charge in [-0.25, -0.2) is 0 Å². The van der Waals surface area contributed by atoms with Crippen LogP contribution in [0, 0.1) is 22.9 Å². The molecule has 0 bridgehead atoms. The molecular formula is C8H8FNO3. The number of hydrogen-bond donors (Lipinski definition) is 0. The third-order valence-corrected chi connectivity index (χ3v) is 1.67. The summed E-state index contributed by atoms with van der Waals surface area (Å²) in [7, 11) is 1.27. The zero-order chi connectivity index (χ0) is 10.0. The summed E-state index contributed by atoms with van der Waals surface area (Å²) < 4.78 is 17.7. The lowest BCUT2D eigenvalue weighted by Gasteiger charge is -2.04. The summed E-state index contributed by atoms with van der Waals surface area (Å²) in [5, 5.41) is 10.4. The molecule has 0 spiro atoms. The molecule has 0 atom stereocenters. The highest BCUT2D eigenvalue weighted by atomic mass is 19.1. The number of aryl methyl sites for hydroxylation is 1. The third-order valence-electron chi connectivity index (χ3n) is 1.67. The lowest BCUT2D eigenvalue weighted by Crippen LogP contribution is -1.98. The quantitative estimate of drug-likeness (QED) is 0.523. The minimum absolute atomic E-state index is 0.0231. The average molecular weight is 185 g/mol. The first kappa shape index (κ1) is 9.44. The number of benzene rings is 1. The van der Waals surface area contributed by atoms with Crippen LogP contribution in [0.3, 0.4) is 0 Å². The van der Waals surface area contributed by atoms with E-state index in [0.29, 0.717) is 5.56 Å². The Bertz CT molecular complexity index is 351. The fourth-order valence-corrected chi connectivity index (χ4v) is 1.08. The van der Waals surface area contributed by atoms with Gasteiger partial charge in [-0.05, 0) is 18.6 Å². The summed E-state index contributed by atoms with van der Waals surface area (Å²) in [6.07, 6.45) is 0. The minimum atomic E-state index is -0.882. The Morgan fingerprint density at radius 1 is 1.54 bits per heavy atom. The summed E-state index contributed by atoms with van der Waals surface area (Å²) in [5.41, 5.74) is -0.0712. The molecule has 0 saturated heterocycles. The Hall–Kier alpha value is -1.65.